The standard InChI is InChI=1S/C26H36N4O3S/c1-5-33-25(31)26(2,3)11-8-19-9-14-29(15-10-19)17-20-6-7-22-21(16-20)30(18-32-4)23-24(34-22)28-13-12-27-23/h6-7,12-13,16,19H,5,8-11,14-15,17-18H2,1-4H3. The molecule has 0 amide bonds. The van der Waals surface area contributed by atoms with Crippen molar-refractivity contribution < 1.29 is 14.3 Å². The van der Waals surface area contributed by atoms with Crippen LogP contribution in [0.2, 0.25) is 0 Å². The third-order valence-corrected chi connectivity index (χ3v) is 7.85. The number of likely N-dealkylation sites (tertiary alicyclic amines) is 1. The van der Waals surface area contributed by atoms with E-state index >= 15 is 0 Å². The van der Waals surface area contributed by atoms with Gasteiger partial charge in [-0.1, -0.05) is 17.8 Å². The Morgan fingerprint density at radius 1 is 1.21 bits per heavy atom. The number of nitrogens with zero attached hydrogens (tertiary/aromatic N) is 4. The number of hydrogen-bond acceptors (Lipinski definition) is 8. The minimum absolute atomic E-state index is 0.0749. The second-order valence-electron chi connectivity index (χ2n) is 9.80. The number of hydrogen-bond donors (Lipinski definition) is 0. The predicted molar refractivity (Wildman–Crippen MR) is 134 cm³/mol. The van der Waals surface area contributed by atoms with Crippen molar-refractivity contribution >= 4 is 29.2 Å². The van der Waals surface area contributed by atoms with Gasteiger partial charge in [-0.3, -0.25) is 14.6 Å². The van der Waals surface area contributed by atoms with E-state index in [4.69, 9.17) is 9.47 Å². The molecular formula is C26H36N4O3S. The smallest absolute Gasteiger partial charge is 0.311 e. The van der Waals surface area contributed by atoms with E-state index in [0.717, 1.165) is 49.0 Å². The van der Waals surface area contributed by atoms with Crippen LogP contribution in [-0.2, 0) is 20.8 Å². The maximum Gasteiger partial charge on any atom is 0.311 e. The molecule has 0 atom stereocenters. The Labute approximate surface area is 207 Å². The number of rotatable bonds is 9. The first-order chi connectivity index (χ1) is 16.4. The highest BCUT2D eigenvalue weighted by Gasteiger charge is 2.31. The van der Waals surface area contributed by atoms with E-state index in [-0.39, 0.29) is 5.97 Å². The molecule has 0 saturated carbocycles. The molecule has 0 aliphatic carbocycles. The van der Waals surface area contributed by atoms with Crippen molar-refractivity contribution in [3.8, 4) is 0 Å². The van der Waals surface area contributed by atoms with E-state index in [1.54, 1.807) is 31.3 Å². The van der Waals surface area contributed by atoms with Gasteiger partial charge in [0.25, 0.3) is 0 Å². The SMILES string of the molecule is CCOC(=O)C(C)(C)CCC1CCN(Cc2ccc3c(c2)N(COC)c2nccnc2S3)CC1. The summed E-state index contributed by atoms with van der Waals surface area (Å²) in [7, 11) is 1.71. The summed E-state index contributed by atoms with van der Waals surface area (Å²) >= 11 is 1.66. The van der Waals surface area contributed by atoms with E-state index < -0.39 is 5.41 Å². The molecule has 1 aromatic carbocycles. The number of aromatic nitrogens is 2. The average molecular weight is 485 g/mol. The fourth-order valence-corrected chi connectivity index (χ4v) is 5.68. The zero-order valence-corrected chi connectivity index (χ0v) is 21.6. The van der Waals surface area contributed by atoms with E-state index in [0.29, 0.717) is 19.3 Å². The molecule has 2 aromatic rings. The summed E-state index contributed by atoms with van der Waals surface area (Å²) in [5.41, 5.74) is 2.04. The molecule has 1 aromatic heterocycles. The maximum absolute atomic E-state index is 12.2. The highest BCUT2D eigenvalue weighted by Crippen LogP contribution is 2.46. The number of ether oxygens (including phenoxy) is 2. The van der Waals surface area contributed by atoms with Gasteiger partial charge in [0, 0.05) is 30.9 Å². The summed E-state index contributed by atoms with van der Waals surface area (Å²) < 4.78 is 10.7. The lowest BCUT2D eigenvalue weighted by Crippen LogP contribution is -2.34. The van der Waals surface area contributed by atoms with Crippen LogP contribution in [0.4, 0.5) is 11.5 Å². The van der Waals surface area contributed by atoms with Crippen LogP contribution in [0.5, 0.6) is 0 Å². The van der Waals surface area contributed by atoms with Gasteiger partial charge < -0.3 is 9.47 Å². The molecule has 2 aliphatic rings. The van der Waals surface area contributed by atoms with E-state index in [1.807, 2.05) is 20.8 Å². The van der Waals surface area contributed by atoms with E-state index in [9.17, 15) is 4.79 Å². The Kier molecular flexibility index (Phi) is 8.11. The molecule has 3 heterocycles. The molecule has 7 nitrogen and oxygen atoms in total. The van der Waals surface area contributed by atoms with Crippen LogP contribution < -0.4 is 4.90 Å². The molecule has 1 fully saturated rings. The zero-order chi connectivity index (χ0) is 24.1. The Morgan fingerprint density at radius 3 is 2.71 bits per heavy atom. The van der Waals surface area contributed by atoms with Crippen LogP contribution in [-0.4, -0.2) is 54.4 Å². The third kappa shape index (κ3) is 5.73. The summed E-state index contributed by atoms with van der Waals surface area (Å²) in [5, 5.41) is 0.910. The Balaban J connectivity index is 1.34. The molecule has 184 valence electrons. The summed E-state index contributed by atoms with van der Waals surface area (Å²) in [5.74, 6) is 1.46. The first kappa shape index (κ1) is 24.9. The molecule has 0 spiro atoms. The van der Waals surface area contributed by atoms with Crippen molar-refractivity contribution in [1.82, 2.24) is 14.9 Å². The molecule has 0 N–H and O–H groups in total. The molecule has 2 aliphatic heterocycles. The summed E-state index contributed by atoms with van der Waals surface area (Å²) in [6.07, 6.45) is 7.80. The monoisotopic (exact) mass is 484 g/mol. The molecule has 8 heteroatoms. The number of anilines is 2. The topological polar surface area (TPSA) is 67.8 Å². The van der Waals surface area contributed by atoms with Gasteiger partial charge in [0.05, 0.1) is 17.7 Å². The van der Waals surface area contributed by atoms with Crippen molar-refractivity contribution in [1.29, 1.82) is 0 Å². The molecule has 34 heavy (non-hydrogen) atoms. The van der Waals surface area contributed by atoms with Gasteiger partial charge in [0.1, 0.15) is 11.8 Å². The number of benzene rings is 1. The summed E-state index contributed by atoms with van der Waals surface area (Å²) in [4.78, 5) is 27.0. The lowest BCUT2D eigenvalue weighted by atomic mass is 9.82. The molecular weight excluding hydrogens is 448 g/mol. The quantitative estimate of drug-likeness (QED) is 0.446. The van der Waals surface area contributed by atoms with Crippen LogP contribution in [0, 0.1) is 11.3 Å². The van der Waals surface area contributed by atoms with Gasteiger partial charge in [-0.2, -0.15) is 0 Å². The van der Waals surface area contributed by atoms with Crippen LogP contribution >= 0.6 is 11.8 Å². The second-order valence-corrected chi connectivity index (χ2v) is 10.8. The van der Waals surface area contributed by atoms with Gasteiger partial charge in [-0.15, -0.1) is 0 Å². The number of carbonyl (C=O) groups excluding carboxylic acids is 1. The number of carbonyl (C=O) groups is 1. The Hall–Kier alpha value is -2.16. The van der Waals surface area contributed by atoms with Gasteiger partial charge in [-0.25, -0.2) is 9.97 Å². The fraction of sp³-hybridized carbons (Fsp3) is 0.577. The number of esters is 1. The van der Waals surface area contributed by atoms with Crippen LogP contribution in [0.3, 0.4) is 0 Å². The van der Waals surface area contributed by atoms with E-state index in [1.165, 1.54) is 23.3 Å². The van der Waals surface area contributed by atoms with Crippen molar-refractivity contribution in [2.24, 2.45) is 11.3 Å². The van der Waals surface area contributed by atoms with Crippen LogP contribution in [0.1, 0.15) is 52.0 Å². The maximum atomic E-state index is 12.2. The van der Waals surface area contributed by atoms with E-state index in [2.05, 4.69) is 38.0 Å². The van der Waals surface area contributed by atoms with Crippen molar-refractivity contribution in [2.45, 2.75) is 62.9 Å². The largest absolute Gasteiger partial charge is 0.466 e. The lowest BCUT2D eigenvalue weighted by Gasteiger charge is -2.34. The van der Waals surface area contributed by atoms with Crippen molar-refractivity contribution in [3.05, 3.63) is 36.2 Å². The highest BCUT2D eigenvalue weighted by molar-refractivity contribution is 7.99. The van der Waals surface area contributed by atoms with Crippen LogP contribution in [0.15, 0.2) is 40.5 Å². The first-order valence-corrected chi connectivity index (χ1v) is 13.0. The third-order valence-electron chi connectivity index (χ3n) is 6.80. The zero-order valence-electron chi connectivity index (χ0n) is 20.7. The normalized spacial score (nSPS) is 16.8. The van der Waals surface area contributed by atoms with Gasteiger partial charge >= 0.3 is 5.97 Å². The molecule has 1 saturated heterocycles. The molecule has 4 rings (SSSR count). The summed E-state index contributed by atoms with van der Waals surface area (Å²) in [6, 6.07) is 6.69. The van der Waals surface area contributed by atoms with Gasteiger partial charge in [0.2, 0.25) is 0 Å². The minimum Gasteiger partial charge on any atom is -0.466 e. The second kappa shape index (κ2) is 11.1. The minimum atomic E-state index is -0.397. The summed E-state index contributed by atoms with van der Waals surface area (Å²) in [6.45, 7) is 9.89. The number of methoxy groups -OCH3 is 1. The molecule has 0 radical (unpaired) electrons. The molecule has 0 unspecified atom stereocenters. The van der Waals surface area contributed by atoms with Crippen LogP contribution in [0.25, 0.3) is 0 Å². The number of fused-ring (bicyclic) bond motifs is 2. The lowest BCUT2D eigenvalue weighted by molar-refractivity contribution is -0.154. The van der Waals surface area contributed by atoms with Crippen molar-refractivity contribution in [3.63, 3.8) is 0 Å². The number of piperidine rings is 1. The average Bonchev–Trinajstić information content (AvgIpc) is 2.84. The predicted octanol–water partition coefficient (Wildman–Crippen LogP) is 5.26. The first-order valence-electron chi connectivity index (χ1n) is 12.2. The van der Waals surface area contributed by atoms with Gasteiger partial charge in [-0.05, 0) is 83.2 Å². The van der Waals surface area contributed by atoms with Gasteiger partial charge in [0.15, 0.2) is 5.82 Å². The Morgan fingerprint density at radius 2 is 1.97 bits per heavy atom. The molecule has 0 bridgehead atoms. The Bertz CT molecular complexity index is 992. The fourth-order valence-electron chi connectivity index (χ4n) is 4.70. The highest BCUT2D eigenvalue weighted by atomic mass is 32.2. The van der Waals surface area contributed by atoms with Crippen molar-refractivity contribution in [2.75, 3.05) is 38.4 Å².